The predicted molar refractivity (Wildman–Crippen MR) is 64.3 cm³/mol. The van der Waals surface area contributed by atoms with Gasteiger partial charge in [-0.05, 0) is 25.7 Å². The Morgan fingerprint density at radius 3 is 2.56 bits per heavy atom. The van der Waals surface area contributed by atoms with Gasteiger partial charge in [-0.2, -0.15) is 0 Å². The Balaban J connectivity index is 1.72. The highest BCUT2D eigenvalue weighted by Crippen LogP contribution is 2.33. The fraction of sp³-hybridized carbons (Fsp3) is 1.00. The van der Waals surface area contributed by atoms with E-state index in [1.165, 1.54) is 44.9 Å². The van der Waals surface area contributed by atoms with E-state index in [1.807, 2.05) is 0 Å². The molecule has 0 bridgehead atoms. The molecule has 0 aromatic heterocycles. The van der Waals surface area contributed by atoms with Crippen LogP contribution in [0, 0.1) is 0 Å². The largest absolute Gasteiger partial charge is 0.375 e. The fourth-order valence-electron chi connectivity index (χ4n) is 3.92. The van der Waals surface area contributed by atoms with Gasteiger partial charge in [0.2, 0.25) is 0 Å². The Kier molecular flexibility index (Phi) is 3.18. The molecule has 4 unspecified atom stereocenters. The monoisotopic (exact) mass is 224 g/mol. The zero-order valence-corrected chi connectivity index (χ0v) is 10.1. The Bertz CT molecular complexity index is 244. The van der Waals surface area contributed by atoms with Crippen molar-refractivity contribution in [1.82, 2.24) is 4.90 Å². The van der Waals surface area contributed by atoms with Gasteiger partial charge in [0.15, 0.2) is 0 Å². The minimum absolute atomic E-state index is 0.417. The summed E-state index contributed by atoms with van der Waals surface area (Å²) in [5.41, 5.74) is 6.25. The number of hydrogen-bond acceptors (Lipinski definition) is 3. The average molecular weight is 224 g/mol. The van der Waals surface area contributed by atoms with Crippen LogP contribution in [0.1, 0.15) is 44.9 Å². The molecule has 4 atom stereocenters. The van der Waals surface area contributed by atoms with Crippen LogP contribution in [-0.2, 0) is 4.74 Å². The second-order valence-corrected chi connectivity index (χ2v) is 5.66. The quantitative estimate of drug-likeness (QED) is 0.734. The molecule has 0 amide bonds. The van der Waals surface area contributed by atoms with Gasteiger partial charge in [-0.1, -0.05) is 19.3 Å². The summed E-state index contributed by atoms with van der Waals surface area (Å²) in [5.74, 6) is 0. The van der Waals surface area contributed by atoms with E-state index in [4.69, 9.17) is 10.5 Å². The molecule has 3 fully saturated rings. The third kappa shape index (κ3) is 1.89. The molecule has 1 heterocycles. The van der Waals surface area contributed by atoms with Crippen LogP contribution in [-0.4, -0.2) is 42.3 Å². The van der Waals surface area contributed by atoms with E-state index in [2.05, 4.69) is 4.90 Å². The van der Waals surface area contributed by atoms with Gasteiger partial charge >= 0.3 is 0 Å². The van der Waals surface area contributed by atoms with E-state index < -0.39 is 0 Å². The van der Waals surface area contributed by atoms with Crippen LogP contribution in [0.5, 0.6) is 0 Å². The van der Waals surface area contributed by atoms with E-state index in [0.717, 1.165) is 13.2 Å². The molecule has 3 nitrogen and oxygen atoms in total. The van der Waals surface area contributed by atoms with Gasteiger partial charge in [0.25, 0.3) is 0 Å². The van der Waals surface area contributed by atoms with Crippen molar-refractivity contribution < 1.29 is 4.74 Å². The van der Waals surface area contributed by atoms with Gasteiger partial charge in [-0.3, -0.25) is 4.90 Å². The summed E-state index contributed by atoms with van der Waals surface area (Å²) < 4.78 is 5.92. The van der Waals surface area contributed by atoms with E-state index in [9.17, 15) is 0 Å². The Labute approximate surface area is 98.3 Å². The summed E-state index contributed by atoms with van der Waals surface area (Å²) in [4.78, 5) is 2.70. The van der Waals surface area contributed by atoms with E-state index >= 15 is 0 Å². The highest BCUT2D eigenvalue weighted by molar-refractivity contribution is 4.96. The maximum Gasteiger partial charge on any atom is 0.0731 e. The van der Waals surface area contributed by atoms with Gasteiger partial charge in [0.05, 0.1) is 12.7 Å². The maximum absolute atomic E-state index is 6.25. The lowest BCUT2D eigenvalue weighted by atomic mass is 9.88. The van der Waals surface area contributed by atoms with Crippen molar-refractivity contribution in [2.24, 2.45) is 5.73 Å². The van der Waals surface area contributed by atoms with Gasteiger partial charge in [-0.15, -0.1) is 0 Å². The van der Waals surface area contributed by atoms with Crippen LogP contribution in [0.25, 0.3) is 0 Å². The average Bonchev–Trinajstić information content (AvgIpc) is 2.75. The molecular weight excluding hydrogens is 200 g/mol. The molecule has 0 spiro atoms. The Morgan fingerprint density at radius 1 is 0.938 bits per heavy atom. The SMILES string of the molecule is NC1CCCC1N1CCOC2CCCCC21. The minimum Gasteiger partial charge on any atom is -0.375 e. The van der Waals surface area contributed by atoms with Crippen LogP contribution < -0.4 is 5.73 Å². The minimum atomic E-state index is 0.417. The molecule has 0 aromatic rings. The maximum atomic E-state index is 6.25. The molecule has 1 aliphatic heterocycles. The Hall–Kier alpha value is -0.120. The lowest BCUT2D eigenvalue weighted by molar-refractivity contribution is -0.103. The lowest BCUT2D eigenvalue weighted by Crippen LogP contribution is -2.59. The molecule has 0 aromatic carbocycles. The van der Waals surface area contributed by atoms with Gasteiger partial charge in [0, 0.05) is 24.7 Å². The van der Waals surface area contributed by atoms with Crippen LogP contribution in [0.2, 0.25) is 0 Å². The van der Waals surface area contributed by atoms with Crippen LogP contribution >= 0.6 is 0 Å². The fourth-order valence-corrected chi connectivity index (χ4v) is 3.92. The normalized spacial score (nSPS) is 45.6. The molecule has 2 N–H and O–H groups in total. The highest BCUT2D eigenvalue weighted by atomic mass is 16.5. The lowest BCUT2D eigenvalue weighted by Gasteiger charge is -2.47. The number of ether oxygens (including phenoxy) is 1. The first-order chi connectivity index (χ1) is 7.86. The second kappa shape index (κ2) is 4.63. The summed E-state index contributed by atoms with van der Waals surface area (Å²) in [6.45, 7) is 2.03. The molecule has 16 heavy (non-hydrogen) atoms. The predicted octanol–water partition coefficient (Wildman–Crippen LogP) is 1.51. The molecule has 3 heteroatoms. The Morgan fingerprint density at radius 2 is 1.75 bits per heavy atom. The van der Waals surface area contributed by atoms with Crippen LogP contribution in [0.15, 0.2) is 0 Å². The summed E-state index contributed by atoms with van der Waals surface area (Å²) >= 11 is 0. The third-order valence-electron chi connectivity index (χ3n) is 4.73. The summed E-state index contributed by atoms with van der Waals surface area (Å²) in [6.07, 6.45) is 9.69. The van der Waals surface area contributed by atoms with E-state index in [0.29, 0.717) is 24.2 Å². The standard InChI is InChI=1S/C13H24N2O/c14-10-4-3-6-11(10)15-8-9-16-13-7-2-1-5-12(13)15/h10-13H,1-9,14H2. The third-order valence-corrected chi connectivity index (χ3v) is 4.73. The van der Waals surface area contributed by atoms with Crippen molar-refractivity contribution in [3.05, 3.63) is 0 Å². The van der Waals surface area contributed by atoms with Gasteiger partial charge < -0.3 is 10.5 Å². The molecule has 0 radical (unpaired) electrons. The first-order valence-electron chi connectivity index (χ1n) is 6.99. The summed E-state index contributed by atoms with van der Waals surface area (Å²) in [7, 11) is 0. The first kappa shape index (κ1) is 11.0. The van der Waals surface area contributed by atoms with Crippen molar-refractivity contribution in [3.63, 3.8) is 0 Å². The van der Waals surface area contributed by atoms with Crippen LogP contribution in [0.4, 0.5) is 0 Å². The molecule has 2 saturated carbocycles. The zero-order valence-electron chi connectivity index (χ0n) is 10.1. The topological polar surface area (TPSA) is 38.5 Å². The molecule has 92 valence electrons. The number of hydrogen-bond donors (Lipinski definition) is 1. The van der Waals surface area contributed by atoms with Crippen molar-refractivity contribution in [3.8, 4) is 0 Å². The summed E-state index contributed by atoms with van der Waals surface area (Å²) in [6, 6.07) is 1.74. The number of nitrogens with two attached hydrogens (primary N) is 1. The van der Waals surface area contributed by atoms with E-state index in [-0.39, 0.29) is 0 Å². The first-order valence-corrected chi connectivity index (χ1v) is 6.99. The molecule has 1 saturated heterocycles. The van der Waals surface area contributed by atoms with Crippen molar-refractivity contribution in [1.29, 1.82) is 0 Å². The van der Waals surface area contributed by atoms with Gasteiger partial charge in [0.1, 0.15) is 0 Å². The molecule has 3 aliphatic rings. The molecule has 3 rings (SSSR count). The second-order valence-electron chi connectivity index (χ2n) is 5.66. The van der Waals surface area contributed by atoms with Crippen molar-refractivity contribution in [2.45, 2.75) is 69.2 Å². The highest BCUT2D eigenvalue weighted by Gasteiger charge is 2.40. The van der Waals surface area contributed by atoms with Crippen LogP contribution in [0.3, 0.4) is 0 Å². The number of morpholine rings is 1. The summed E-state index contributed by atoms with van der Waals surface area (Å²) in [5, 5.41) is 0. The van der Waals surface area contributed by atoms with E-state index in [1.54, 1.807) is 0 Å². The molecule has 2 aliphatic carbocycles. The van der Waals surface area contributed by atoms with Crippen molar-refractivity contribution >= 4 is 0 Å². The smallest absolute Gasteiger partial charge is 0.0731 e. The number of nitrogens with zero attached hydrogens (tertiary/aromatic N) is 1. The molecular formula is C13H24N2O. The number of fused-ring (bicyclic) bond motifs is 1. The zero-order chi connectivity index (χ0) is 11.0. The van der Waals surface area contributed by atoms with Crippen molar-refractivity contribution in [2.75, 3.05) is 13.2 Å². The van der Waals surface area contributed by atoms with Gasteiger partial charge in [-0.25, -0.2) is 0 Å². The number of rotatable bonds is 1.